The first-order valence-corrected chi connectivity index (χ1v) is 5.80. The molecule has 0 radical (unpaired) electrons. The van der Waals surface area contributed by atoms with E-state index in [1.54, 1.807) is 6.92 Å². The summed E-state index contributed by atoms with van der Waals surface area (Å²) in [6, 6.07) is -0.932. The smallest absolute Gasteiger partial charge is 0.326 e. The molecular formula is C11H17NO5. The standard InChI is InChI=1S/C11H17NO5/c1-11(3-2-4-17-11)10(16)12-6-7(13)5-8(12)9(14)15/h7-8,13H,2-6H2,1H3,(H,14,15)/t7-,8-,11?/m1/s1. The summed E-state index contributed by atoms with van der Waals surface area (Å²) < 4.78 is 5.41. The number of nitrogens with zero attached hydrogens (tertiary/aromatic N) is 1. The lowest BCUT2D eigenvalue weighted by Gasteiger charge is -2.30. The molecule has 2 rings (SSSR count). The predicted octanol–water partition coefficient (Wildman–Crippen LogP) is -0.398. The zero-order valence-electron chi connectivity index (χ0n) is 9.76. The maximum atomic E-state index is 12.3. The van der Waals surface area contributed by atoms with E-state index in [2.05, 4.69) is 0 Å². The molecule has 2 aliphatic rings. The van der Waals surface area contributed by atoms with Crippen LogP contribution < -0.4 is 0 Å². The van der Waals surface area contributed by atoms with Gasteiger partial charge in [-0.1, -0.05) is 0 Å². The fourth-order valence-electron chi connectivity index (χ4n) is 2.52. The van der Waals surface area contributed by atoms with Crippen LogP contribution in [0.3, 0.4) is 0 Å². The fraction of sp³-hybridized carbons (Fsp3) is 0.818. The second kappa shape index (κ2) is 4.27. The van der Waals surface area contributed by atoms with Gasteiger partial charge in [0.25, 0.3) is 5.91 Å². The van der Waals surface area contributed by atoms with Gasteiger partial charge in [0.15, 0.2) is 0 Å². The number of carbonyl (C=O) groups is 2. The first-order chi connectivity index (χ1) is 7.94. The Bertz CT molecular complexity index is 337. The van der Waals surface area contributed by atoms with Crippen LogP contribution in [0.25, 0.3) is 0 Å². The fourth-order valence-corrected chi connectivity index (χ4v) is 2.52. The number of rotatable bonds is 2. The molecule has 0 saturated carbocycles. The number of amides is 1. The molecule has 3 atom stereocenters. The highest BCUT2D eigenvalue weighted by Crippen LogP contribution is 2.30. The third-order valence-electron chi connectivity index (χ3n) is 3.50. The van der Waals surface area contributed by atoms with Crippen molar-refractivity contribution >= 4 is 11.9 Å². The Labute approximate surface area is 99.2 Å². The third-order valence-corrected chi connectivity index (χ3v) is 3.50. The van der Waals surface area contributed by atoms with Gasteiger partial charge in [0.2, 0.25) is 0 Å². The first-order valence-electron chi connectivity index (χ1n) is 5.80. The van der Waals surface area contributed by atoms with Gasteiger partial charge in [-0.05, 0) is 19.8 Å². The number of aliphatic carboxylic acids is 1. The van der Waals surface area contributed by atoms with Crippen molar-refractivity contribution in [1.82, 2.24) is 4.90 Å². The molecule has 0 aromatic rings. The quantitative estimate of drug-likeness (QED) is 0.689. The molecular weight excluding hydrogens is 226 g/mol. The van der Waals surface area contributed by atoms with E-state index in [0.29, 0.717) is 13.0 Å². The second-order valence-electron chi connectivity index (χ2n) is 4.88. The maximum absolute atomic E-state index is 12.3. The average Bonchev–Trinajstić information content (AvgIpc) is 2.84. The molecule has 1 unspecified atom stereocenters. The van der Waals surface area contributed by atoms with Crippen LogP contribution in [-0.4, -0.2) is 57.9 Å². The number of hydrogen-bond donors (Lipinski definition) is 2. The van der Waals surface area contributed by atoms with Crippen molar-refractivity contribution in [2.45, 2.75) is 43.9 Å². The lowest BCUT2D eigenvalue weighted by atomic mass is 10.0. The van der Waals surface area contributed by atoms with Gasteiger partial charge in [-0.15, -0.1) is 0 Å². The molecule has 17 heavy (non-hydrogen) atoms. The van der Waals surface area contributed by atoms with Crippen molar-refractivity contribution in [3.05, 3.63) is 0 Å². The van der Waals surface area contributed by atoms with Gasteiger partial charge in [0, 0.05) is 19.6 Å². The lowest BCUT2D eigenvalue weighted by Crippen LogP contribution is -2.51. The van der Waals surface area contributed by atoms with Crippen LogP contribution in [0.2, 0.25) is 0 Å². The molecule has 0 aromatic carbocycles. The molecule has 0 aliphatic carbocycles. The van der Waals surface area contributed by atoms with Crippen LogP contribution in [-0.2, 0) is 14.3 Å². The Hall–Kier alpha value is -1.14. The van der Waals surface area contributed by atoms with E-state index in [1.807, 2.05) is 0 Å². The maximum Gasteiger partial charge on any atom is 0.326 e. The van der Waals surface area contributed by atoms with E-state index in [1.165, 1.54) is 4.90 Å². The normalized spacial score (nSPS) is 37.4. The van der Waals surface area contributed by atoms with Crippen LogP contribution in [0.1, 0.15) is 26.2 Å². The summed E-state index contributed by atoms with van der Waals surface area (Å²) in [4.78, 5) is 24.5. The predicted molar refractivity (Wildman–Crippen MR) is 57.4 cm³/mol. The average molecular weight is 243 g/mol. The Kier molecular flexibility index (Phi) is 3.09. The SMILES string of the molecule is CC1(C(=O)N2C[C@H](O)C[C@@H]2C(=O)O)CCCO1. The Morgan fingerprint density at radius 1 is 1.47 bits per heavy atom. The molecule has 1 amide bonds. The topological polar surface area (TPSA) is 87.1 Å². The molecule has 0 bridgehead atoms. The summed E-state index contributed by atoms with van der Waals surface area (Å²) in [5.41, 5.74) is -0.919. The minimum atomic E-state index is -1.07. The van der Waals surface area contributed by atoms with Gasteiger partial charge in [0.05, 0.1) is 6.10 Å². The van der Waals surface area contributed by atoms with Crippen molar-refractivity contribution in [1.29, 1.82) is 0 Å². The van der Waals surface area contributed by atoms with Gasteiger partial charge in [-0.2, -0.15) is 0 Å². The van der Waals surface area contributed by atoms with Crippen molar-refractivity contribution in [3.8, 4) is 0 Å². The number of aliphatic hydroxyl groups excluding tert-OH is 1. The highest BCUT2D eigenvalue weighted by molar-refractivity contribution is 5.90. The molecule has 6 heteroatoms. The Balaban J connectivity index is 2.15. The number of carbonyl (C=O) groups excluding carboxylic acids is 1. The van der Waals surface area contributed by atoms with Crippen LogP contribution in [0.4, 0.5) is 0 Å². The summed E-state index contributed by atoms with van der Waals surface area (Å²) in [5, 5.41) is 18.5. The number of aliphatic hydroxyl groups is 1. The molecule has 2 N–H and O–H groups in total. The van der Waals surface area contributed by atoms with Gasteiger partial charge in [-0.3, -0.25) is 4.79 Å². The zero-order chi connectivity index (χ0) is 12.6. The highest BCUT2D eigenvalue weighted by Gasteiger charge is 2.47. The van der Waals surface area contributed by atoms with Gasteiger partial charge in [-0.25, -0.2) is 4.79 Å². The minimum Gasteiger partial charge on any atom is -0.480 e. The molecule has 2 fully saturated rings. The molecule has 2 saturated heterocycles. The van der Waals surface area contributed by atoms with Crippen molar-refractivity contribution < 1.29 is 24.5 Å². The van der Waals surface area contributed by atoms with Crippen molar-refractivity contribution in [2.24, 2.45) is 0 Å². The van der Waals surface area contributed by atoms with E-state index < -0.39 is 23.7 Å². The lowest BCUT2D eigenvalue weighted by molar-refractivity contribution is -0.158. The van der Waals surface area contributed by atoms with Crippen LogP contribution in [0.15, 0.2) is 0 Å². The van der Waals surface area contributed by atoms with Crippen molar-refractivity contribution in [3.63, 3.8) is 0 Å². The van der Waals surface area contributed by atoms with E-state index >= 15 is 0 Å². The molecule has 2 heterocycles. The molecule has 96 valence electrons. The number of carboxylic acids is 1. The number of β-amino-alcohol motifs (C(OH)–C–C–N with tert-alkyl or cyclic N) is 1. The molecule has 2 aliphatic heterocycles. The highest BCUT2D eigenvalue weighted by atomic mass is 16.5. The van der Waals surface area contributed by atoms with Gasteiger partial charge in [0.1, 0.15) is 11.6 Å². The summed E-state index contributed by atoms with van der Waals surface area (Å²) in [7, 11) is 0. The summed E-state index contributed by atoms with van der Waals surface area (Å²) in [5.74, 6) is -1.39. The number of hydrogen-bond acceptors (Lipinski definition) is 4. The monoisotopic (exact) mass is 243 g/mol. The summed E-state index contributed by atoms with van der Waals surface area (Å²) in [6.45, 7) is 2.29. The third kappa shape index (κ3) is 2.14. The van der Waals surface area contributed by atoms with E-state index in [0.717, 1.165) is 6.42 Å². The minimum absolute atomic E-state index is 0.0781. The summed E-state index contributed by atoms with van der Waals surface area (Å²) in [6.07, 6.45) is 0.739. The van der Waals surface area contributed by atoms with Crippen LogP contribution in [0.5, 0.6) is 0 Å². The molecule has 0 spiro atoms. The van der Waals surface area contributed by atoms with E-state index in [-0.39, 0.29) is 18.9 Å². The molecule has 6 nitrogen and oxygen atoms in total. The molecule has 0 aromatic heterocycles. The zero-order valence-corrected chi connectivity index (χ0v) is 9.76. The number of carboxylic acid groups (broad SMARTS) is 1. The number of ether oxygens (including phenoxy) is 1. The van der Waals surface area contributed by atoms with Crippen molar-refractivity contribution in [2.75, 3.05) is 13.2 Å². The van der Waals surface area contributed by atoms with Gasteiger partial charge >= 0.3 is 5.97 Å². The number of likely N-dealkylation sites (tertiary alicyclic amines) is 1. The Morgan fingerprint density at radius 2 is 2.18 bits per heavy atom. The Morgan fingerprint density at radius 3 is 2.71 bits per heavy atom. The van der Waals surface area contributed by atoms with Crippen LogP contribution >= 0.6 is 0 Å². The second-order valence-corrected chi connectivity index (χ2v) is 4.88. The van der Waals surface area contributed by atoms with Gasteiger partial charge < -0.3 is 19.8 Å². The van der Waals surface area contributed by atoms with E-state index in [4.69, 9.17) is 9.84 Å². The first kappa shape index (κ1) is 12.3. The summed E-state index contributed by atoms with van der Waals surface area (Å²) >= 11 is 0. The van der Waals surface area contributed by atoms with Crippen LogP contribution in [0, 0.1) is 0 Å². The van der Waals surface area contributed by atoms with E-state index in [9.17, 15) is 14.7 Å². The largest absolute Gasteiger partial charge is 0.480 e.